The number of aryl methyl sites for hydroxylation is 3. The molecule has 0 aliphatic carbocycles. The number of hydrogen-bond acceptors (Lipinski definition) is 6. The van der Waals surface area contributed by atoms with E-state index in [9.17, 15) is 4.79 Å². The highest BCUT2D eigenvalue weighted by atomic mass is 16.2. The predicted molar refractivity (Wildman–Crippen MR) is 123 cm³/mol. The first-order valence-corrected chi connectivity index (χ1v) is 11.7. The van der Waals surface area contributed by atoms with Crippen molar-refractivity contribution in [3.63, 3.8) is 0 Å². The quantitative estimate of drug-likeness (QED) is 0.675. The first-order valence-electron chi connectivity index (χ1n) is 11.7. The van der Waals surface area contributed by atoms with E-state index in [1.54, 1.807) is 4.68 Å². The van der Waals surface area contributed by atoms with Crippen LogP contribution in [0.25, 0.3) is 5.65 Å². The van der Waals surface area contributed by atoms with Crippen LogP contribution in [0.4, 0.5) is 5.82 Å². The monoisotopic (exact) mass is 436 g/mol. The Bertz CT molecular complexity index is 1150. The van der Waals surface area contributed by atoms with Gasteiger partial charge in [0.25, 0.3) is 5.91 Å². The number of nitrogens with two attached hydrogens (primary N) is 1. The number of aromatic nitrogens is 5. The summed E-state index contributed by atoms with van der Waals surface area (Å²) in [5.41, 5.74) is 10.4. The van der Waals surface area contributed by atoms with Gasteiger partial charge >= 0.3 is 0 Å². The fourth-order valence-corrected chi connectivity index (χ4v) is 5.07. The lowest BCUT2D eigenvalue weighted by atomic mass is 9.99. The van der Waals surface area contributed by atoms with E-state index in [1.807, 2.05) is 41.6 Å². The molecule has 0 radical (unpaired) electrons. The van der Waals surface area contributed by atoms with Gasteiger partial charge in [0.2, 0.25) is 0 Å². The molecule has 0 bridgehead atoms. The summed E-state index contributed by atoms with van der Waals surface area (Å²) in [5.74, 6) is 1.01. The highest BCUT2D eigenvalue weighted by Gasteiger charge is 2.32. The van der Waals surface area contributed by atoms with Crippen LogP contribution in [-0.4, -0.2) is 60.9 Å². The molecule has 3 aromatic heterocycles. The maximum absolute atomic E-state index is 13.5. The average Bonchev–Trinajstić information content (AvgIpc) is 3.50. The molecule has 5 heterocycles. The third kappa shape index (κ3) is 3.64. The molecule has 2 aliphatic heterocycles. The summed E-state index contributed by atoms with van der Waals surface area (Å²) in [6, 6.07) is 4.08. The Kier molecular flexibility index (Phi) is 5.36. The van der Waals surface area contributed by atoms with Crippen LogP contribution in [0.15, 0.2) is 18.3 Å². The van der Waals surface area contributed by atoms with Gasteiger partial charge in [0, 0.05) is 50.0 Å². The second-order valence-corrected chi connectivity index (χ2v) is 9.11. The predicted octanol–water partition coefficient (Wildman–Crippen LogP) is 2.47. The summed E-state index contributed by atoms with van der Waals surface area (Å²) in [4.78, 5) is 22.7. The van der Waals surface area contributed by atoms with E-state index in [4.69, 9.17) is 15.8 Å². The minimum absolute atomic E-state index is 0.0325. The van der Waals surface area contributed by atoms with E-state index >= 15 is 0 Å². The van der Waals surface area contributed by atoms with Gasteiger partial charge in [-0.15, -0.1) is 0 Å². The summed E-state index contributed by atoms with van der Waals surface area (Å²) in [6.07, 6.45) is 6.02. The molecular weight excluding hydrogens is 404 g/mol. The van der Waals surface area contributed by atoms with Crippen molar-refractivity contribution in [2.24, 2.45) is 5.73 Å². The maximum atomic E-state index is 13.5. The summed E-state index contributed by atoms with van der Waals surface area (Å²) < 4.78 is 3.65. The van der Waals surface area contributed by atoms with Gasteiger partial charge in [0.05, 0.1) is 17.4 Å². The van der Waals surface area contributed by atoms with Gasteiger partial charge in [-0.25, -0.2) is 9.50 Å². The Morgan fingerprint density at radius 2 is 2.00 bits per heavy atom. The van der Waals surface area contributed by atoms with Crippen LogP contribution in [0.3, 0.4) is 0 Å². The van der Waals surface area contributed by atoms with Gasteiger partial charge < -0.3 is 15.5 Å². The Morgan fingerprint density at radius 1 is 1.16 bits per heavy atom. The lowest BCUT2D eigenvalue weighted by Gasteiger charge is -2.34. The first kappa shape index (κ1) is 20.9. The number of fused-ring (bicyclic) bond motifs is 1. The largest absolute Gasteiger partial charge is 0.355 e. The third-order valence-electron chi connectivity index (χ3n) is 6.67. The minimum Gasteiger partial charge on any atom is -0.355 e. The molecule has 9 nitrogen and oxygen atoms in total. The van der Waals surface area contributed by atoms with Crippen LogP contribution in [0, 0.1) is 13.8 Å². The number of carbonyl (C=O) groups excluding carboxylic acids is 1. The molecule has 5 rings (SSSR count). The van der Waals surface area contributed by atoms with Crippen molar-refractivity contribution >= 4 is 17.4 Å². The van der Waals surface area contributed by atoms with Gasteiger partial charge in [-0.1, -0.05) is 0 Å². The highest BCUT2D eigenvalue weighted by molar-refractivity contribution is 5.93. The Morgan fingerprint density at radius 3 is 2.75 bits per heavy atom. The van der Waals surface area contributed by atoms with E-state index in [0.29, 0.717) is 12.2 Å². The second kappa shape index (κ2) is 8.20. The number of carbonyl (C=O) groups is 1. The zero-order chi connectivity index (χ0) is 22.4. The lowest BCUT2D eigenvalue weighted by molar-refractivity contribution is 0.0593. The number of hydrogen-bond donors (Lipinski definition) is 1. The topological polar surface area (TPSA) is 97.6 Å². The third-order valence-corrected chi connectivity index (χ3v) is 6.67. The number of piperidine rings is 1. The van der Waals surface area contributed by atoms with Crippen molar-refractivity contribution in [3.8, 4) is 0 Å². The molecule has 0 spiro atoms. The van der Waals surface area contributed by atoms with Gasteiger partial charge in [0.15, 0.2) is 5.65 Å². The van der Waals surface area contributed by atoms with Gasteiger partial charge in [-0.2, -0.15) is 10.2 Å². The molecule has 170 valence electrons. The standard InChI is InChI=1S/C23H32N8O/c1-4-30-20(11-16(3)26-30)23(32)29-9-6-5-7-19(29)18-12-21-25-22(15(2)13-31(21)27-18)28-10-8-17(24)14-28/h11-13,17,19H,4-10,14,24H2,1-3H3. The van der Waals surface area contributed by atoms with E-state index in [-0.39, 0.29) is 18.0 Å². The smallest absolute Gasteiger partial charge is 0.272 e. The molecule has 2 atom stereocenters. The van der Waals surface area contributed by atoms with Crippen LogP contribution in [0.2, 0.25) is 0 Å². The zero-order valence-electron chi connectivity index (χ0n) is 19.2. The molecule has 0 aromatic carbocycles. The maximum Gasteiger partial charge on any atom is 0.272 e. The Hall–Kier alpha value is -2.94. The molecule has 9 heteroatoms. The summed E-state index contributed by atoms with van der Waals surface area (Å²) >= 11 is 0. The van der Waals surface area contributed by atoms with Crippen molar-refractivity contribution in [1.29, 1.82) is 0 Å². The Balaban J connectivity index is 1.48. The van der Waals surface area contributed by atoms with E-state index in [0.717, 1.165) is 73.7 Å². The second-order valence-electron chi connectivity index (χ2n) is 9.11. The zero-order valence-corrected chi connectivity index (χ0v) is 19.2. The van der Waals surface area contributed by atoms with Crippen molar-refractivity contribution in [2.45, 2.75) is 65.1 Å². The van der Waals surface area contributed by atoms with Gasteiger partial charge in [-0.05, 0) is 52.5 Å². The fourth-order valence-electron chi connectivity index (χ4n) is 5.07. The molecule has 2 fully saturated rings. The summed E-state index contributed by atoms with van der Waals surface area (Å²) in [7, 11) is 0. The molecule has 2 N–H and O–H groups in total. The van der Waals surface area contributed by atoms with Crippen molar-refractivity contribution in [2.75, 3.05) is 24.5 Å². The van der Waals surface area contributed by atoms with Crippen molar-refractivity contribution in [1.82, 2.24) is 29.3 Å². The first-order chi connectivity index (χ1) is 15.4. The normalized spacial score (nSPS) is 21.6. The van der Waals surface area contributed by atoms with Crippen LogP contribution >= 0.6 is 0 Å². The van der Waals surface area contributed by atoms with Gasteiger partial charge in [-0.3, -0.25) is 9.48 Å². The van der Waals surface area contributed by atoms with Crippen LogP contribution in [-0.2, 0) is 6.54 Å². The van der Waals surface area contributed by atoms with E-state index < -0.39 is 0 Å². The minimum atomic E-state index is -0.0533. The molecule has 2 unspecified atom stereocenters. The number of anilines is 1. The molecular formula is C23H32N8O. The lowest BCUT2D eigenvalue weighted by Crippen LogP contribution is -2.39. The highest BCUT2D eigenvalue weighted by Crippen LogP contribution is 2.33. The van der Waals surface area contributed by atoms with Crippen LogP contribution in [0.5, 0.6) is 0 Å². The molecule has 2 aliphatic rings. The van der Waals surface area contributed by atoms with Gasteiger partial charge in [0.1, 0.15) is 11.5 Å². The number of nitrogens with zero attached hydrogens (tertiary/aromatic N) is 7. The molecule has 3 aromatic rings. The molecule has 1 amide bonds. The summed E-state index contributed by atoms with van der Waals surface area (Å²) in [5, 5.41) is 9.31. The van der Waals surface area contributed by atoms with Crippen molar-refractivity contribution < 1.29 is 4.79 Å². The number of likely N-dealkylation sites (tertiary alicyclic amines) is 1. The summed E-state index contributed by atoms with van der Waals surface area (Å²) in [6.45, 7) is 9.18. The average molecular weight is 437 g/mol. The van der Waals surface area contributed by atoms with Crippen LogP contribution < -0.4 is 10.6 Å². The van der Waals surface area contributed by atoms with Crippen molar-refractivity contribution in [3.05, 3.63) is 41.0 Å². The Labute approximate surface area is 188 Å². The molecule has 32 heavy (non-hydrogen) atoms. The molecule has 0 saturated carbocycles. The number of amides is 1. The SMILES string of the molecule is CCn1nc(C)cc1C(=O)N1CCCCC1c1cc2nc(N3CCC(N)C3)c(C)cn2n1. The molecule has 2 saturated heterocycles. The number of rotatable bonds is 4. The fraction of sp³-hybridized carbons (Fsp3) is 0.565. The van der Waals surface area contributed by atoms with E-state index in [2.05, 4.69) is 16.9 Å². The van der Waals surface area contributed by atoms with Crippen LogP contribution in [0.1, 0.15) is 66.1 Å². The van der Waals surface area contributed by atoms with E-state index in [1.165, 1.54) is 0 Å².